The Morgan fingerprint density at radius 3 is 2.84 bits per heavy atom. The van der Waals surface area contributed by atoms with Crippen molar-refractivity contribution in [2.45, 2.75) is 32.3 Å². The van der Waals surface area contributed by atoms with Crippen molar-refractivity contribution in [2.24, 2.45) is 7.05 Å². The highest BCUT2D eigenvalue weighted by Gasteiger charge is 2.15. The monoisotopic (exact) mass is 323 g/mol. The van der Waals surface area contributed by atoms with Crippen LogP contribution in [0, 0.1) is 6.92 Å². The summed E-state index contributed by atoms with van der Waals surface area (Å²) in [4.78, 5) is 4.07. The Hall–Kier alpha value is -1.20. The molecule has 0 amide bonds. The van der Waals surface area contributed by atoms with Crippen LogP contribution in [-0.4, -0.2) is 26.0 Å². The molecule has 102 valence electrons. The highest BCUT2D eigenvalue weighted by Crippen LogP contribution is 2.22. The zero-order chi connectivity index (χ0) is 13.8. The molecule has 0 spiro atoms. The van der Waals surface area contributed by atoms with Crippen molar-refractivity contribution in [2.75, 3.05) is 0 Å². The van der Waals surface area contributed by atoms with Crippen LogP contribution in [0.25, 0.3) is 0 Å². The van der Waals surface area contributed by atoms with Gasteiger partial charge in [0.25, 0.3) is 0 Å². The lowest BCUT2D eigenvalue weighted by atomic mass is 10.0. The summed E-state index contributed by atoms with van der Waals surface area (Å²) in [6.07, 6.45) is 5.40. The second kappa shape index (κ2) is 6.30. The lowest BCUT2D eigenvalue weighted by Gasteiger charge is -2.11. The fourth-order valence-electron chi connectivity index (χ4n) is 2.11. The number of halogens is 1. The Morgan fingerprint density at radius 1 is 1.47 bits per heavy atom. The number of aliphatic hydroxyl groups excluding tert-OH is 1. The van der Waals surface area contributed by atoms with Crippen LogP contribution in [0.15, 0.2) is 29.0 Å². The third-order valence-electron chi connectivity index (χ3n) is 3.18. The van der Waals surface area contributed by atoms with Crippen molar-refractivity contribution in [1.29, 1.82) is 0 Å². The van der Waals surface area contributed by atoms with E-state index in [4.69, 9.17) is 0 Å². The van der Waals surface area contributed by atoms with Crippen molar-refractivity contribution in [3.05, 3.63) is 46.0 Å². The SMILES string of the molecule is Cc1nn(C)c(CC(O)CCc2cccnc2)c1Br. The van der Waals surface area contributed by atoms with Gasteiger partial charge in [-0.1, -0.05) is 6.07 Å². The van der Waals surface area contributed by atoms with Gasteiger partial charge in [-0.15, -0.1) is 0 Å². The van der Waals surface area contributed by atoms with Crippen molar-refractivity contribution < 1.29 is 5.11 Å². The maximum absolute atomic E-state index is 10.1. The van der Waals surface area contributed by atoms with Gasteiger partial charge in [0.05, 0.1) is 22.0 Å². The van der Waals surface area contributed by atoms with E-state index in [2.05, 4.69) is 26.0 Å². The number of hydrogen-bond acceptors (Lipinski definition) is 3. The van der Waals surface area contributed by atoms with Crippen LogP contribution in [-0.2, 0) is 19.9 Å². The minimum absolute atomic E-state index is 0.369. The molecule has 19 heavy (non-hydrogen) atoms. The van der Waals surface area contributed by atoms with Gasteiger partial charge < -0.3 is 5.11 Å². The van der Waals surface area contributed by atoms with Crippen LogP contribution < -0.4 is 0 Å². The summed E-state index contributed by atoms with van der Waals surface area (Å²) in [5.74, 6) is 0. The third kappa shape index (κ3) is 3.64. The van der Waals surface area contributed by atoms with Gasteiger partial charge in [-0.3, -0.25) is 9.67 Å². The molecule has 0 fully saturated rings. The first kappa shape index (κ1) is 14.2. The maximum atomic E-state index is 10.1. The predicted octanol–water partition coefficient (Wildman–Crippen LogP) is 2.42. The zero-order valence-corrected chi connectivity index (χ0v) is 12.8. The lowest BCUT2D eigenvalue weighted by Crippen LogP contribution is -2.14. The predicted molar refractivity (Wildman–Crippen MR) is 77.9 cm³/mol. The average molecular weight is 324 g/mol. The minimum Gasteiger partial charge on any atom is -0.393 e. The highest BCUT2D eigenvalue weighted by atomic mass is 79.9. The van der Waals surface area contributed by atoms with E-state index in [0.717, 1.165) is 34.3 Å². The second-order valence-electron chi connectivity index (χ2n) is 4.73. The smallest absolute Gasteiger partial charge is 0.0738 e. The molecule has 0 aliphatic carbocycles. The molecule has 0 radical (unpaired) electrons. The Labute approximate surface area is 121 Å². The van der Waals surface area contributed by atoms with E-state index in [9.17, 15) is 5.11 Å². The molecule has 0 aliphatic heterocycles. The molecule has 0 bridgehead atoms. The summed E-state index contributed by atoms with van der Waals surface area (Å²) in [5, 5.41) is 14.5. The molecule has 1 unspecified atom stereocenters. The first-order valence-electron chi connectivity index (χ1n) is 6.33. The summed E-state index contributed by atoms with van der Waals surface area (Å²) in [7, 11) is 1.90. The van der Waals surface area contributed by atoms with Crippen LogP contribution in [0.5, 0.6) is 0 Å². The van der Waals surface area contributed by atoms with Crippen LogP contribution in [0.2, 0.25) is 0 Å². The number of aliphatic hydroxyl groups is 1. The molecule has 0 aromatic carbocycles. The second-order valence-corrected chi connectivity index (χ2v) is 5.52. The number of aryl methyl sites for hydroxylation is 3. The minimum atomic E-state index is -0.369. The molecule has 2 heterocycles. The van der Waals surface area contributed by atoms with E-state index >= 15 is 0 Å². The fraction of sp³-hybridized carbons (Fsp3) is 0.429. The van der Waals surface area contributed by atoms with E-state index in [1.165, 1.54) is 0 Å². The van der Waals surface area contributed by atoms with E-state index in [1.54, 1.807) is 6.20 Å². The molecule has 4 nitrogen and oxygen atoms in total. The summed E-state index contributed by atoms with van der Waals surface area (Å²) >= 11 is 3.52. The Balaban J connectivity index is 1.92. The van der Waals surface area contributed by atoms with Gasteiger partial charge in [-0.05, 0) is 47.3 Å². The van der Waals surface area contributed by atoms with Gasteiger partial charge in [0.15, 0.2) is 0 Å². The number of aromatic nitrogens is 3. The van der Waals surface area contributed by atoms with E-state index < -0.39 is 0 Å². The van der Waals surface area contributed by atoms with Gasteiger partial charge in [0.1, 0.15) is 0 Å². The molecular weight excluding hydrogens is 306 g/mol. The Bertz CT molecular complexity index is 539. The van der Waals surface area contributed by atoms with Crippen molar-refractivity contribution in [3.63, 3.8) is 0 Å². The first-order chi connectivity index (χ1) is 9.08. The average Bonchev–Trinajstić information content (AvgIpc) is 2.64. The van der Waals surface area contributed by atoms with Gasteiger partial charge in [0.2, 0.25) is 0 Å². The normalized spacial score (nSPS) is 12.6. The van der Waals surface area contributed by atoms with Crippen LogP contribution >= 0.6 is 15.9 Å². The molecule has 0 saturated heterocycles. The van der Waals surface area contributed by atoms with Crippen LogP contribution in [0.1, 0.15) is 23.4 Å². The first-order valence-corrected chi connectivity index (χ1v) is 7.12. The fourth-order valence-corrected chi connectivity index (χ4v) is 2.60. The number of nitrogens with zero attached hydrogens (tertiary/aromatic N) is 3. The van der Waals surface area contributed by atoms with Gasteiger partial charge in [-0.2, -0.15) is 5.10 Å². The number of pyridine rings is 1. The molecule has 1 atom stereocenters. The van der Waals surface area contributed by atoms with E-state index in [0.29, 0.717) is 6.42 Å². The lowest BCUT2D eigenvalue weighted by molar-refractivity contribution is 0.162. The molecular formula is C14H18BrN3O. The highest BCUT2D eigenvalue weighted by molar-refractivity contribution is 9.10. The summed E-state index contributed by atoms with van der Waals surface area (Å²) in [6, 6.07) is 3.95. The summed E-state index contributed by atoms with van der Waals surface area (Å²) < 4.78 is 2.82. The van der Waals surface area contributed by atoms with Gasteiger partial charge in [-0.25, -0.2) is 0 Å². The standard InChI is InChI=1S/C14H18BrN3O/c1-10-14(15)13(18(2)17-10)8-12(19)6-5-11-4-3-7-16-9-11/h3-4,7,9,12,19H,5-6,8H2,1-2H3. The zero-order valence-electron chi connectivity index (χ0n) is 11.2. The van der Waals surface area contributed by atoms with Crippen LogP contribution in [0.3, 0.4) is 0 Å². The number of rotatable bonds is 5. The van der Waals surface area contributed by atoms with Gasteiger partial charge in [0, 0.05) is 25.9 Å². The molecule has 1 N–H and O–H groups in total. The van der Waals surface area contributed by atoms with E-state index in [-0.39, 0.29) is 6.10 Å². The van der Waals surface area contributed by atoms with Crippen LogP contribution in [0.4, 0.5) is 0 Å². The third-order valence-corrected chi connectivity index (χ3v) is 4.21. The summed E-state index contributed by atoms with van der Waals surface area (Å²) in [5.41, 5.74) is 3.15. The Kier molecular flexibility index (Phi) is 4.71. The molecule has 2 aromatic rings. The molecule has 2 aromatic heterocycles. The molecule has 2 rings (SSSR count). The topological polar surface area (TPSA) is 50.9 Å². The summed E-state index contributed by atoms with van der Waals surface area (Å²) in [6.45, 7) is 1.95. The largest absolute Gasteiger partial charge is 0.393 e. The molecule has 5 heteroatoms. The Morgan fingerprint density at radius 2 is 2.26 bits per heavy atom. The molecule has 0 aliphatic rings. The van der Waals surface area contributed by atoms with Crippen molar-refractivity contribution in [3.8, 4) is 0 Å². The number of hydrogen-bond donors (Lipinski definition) is 1. The molecule has 0 saturated carbocycles. The van der Waals surface area contributed by atoms with E-state index in [1.807, 2.05) is 37.0 Å². The van der Waals surface area contributed by atoms with Crippen molar-refractivity contribution in [1.82, 2.24) is 14.8 Å². The maximum Gasteiger partial charge on any atom is 0.0738 e. The quantitative estimate of drug-likeness (QED) is 0.919. The van der Waals surface area contributed by atoms with Gasteiger partial charge >= 0.3 is 0 Å². The van der Waals surface area contributed by atoms with Crippen molar-refractivity contribution >= 4 is 15.9 Å².